The maximum Gasteiger partial charge on any atom is 0.125 e. The second-order valence-electron chi connectivity index (χ2n) is 4.49. The molecule has 3 rings (SSSR count). The lowest BCUT2D eigenvalue weighted by Crippen LogP contribution is -2.16. The van der Waals surface area contributed by atoms with Crippen LogP contribution in [-0.4, -0.2) is 7.05 Å². The molecule has 1 N–H and O–H groups in total. The molecule has 0 saturated heterocycles. The summed E-state index contributed by atoms with van der Waals surface area (Å²) in [6.07, 6.45) is 1.71. The third kappa shape index (κ3) is 2.44. The predicted molar refractivity (Wildman–Crippen MR) is 81.3 cm³/mol. The molecular weight excluding hydrogens is 302 g/mol. The van der Waals surface area contributed by atoms with Crippen LogP contribution in [0.15, 0.2) is 63.7 Å². The SMILES string of the molecule is CNC(c1ccc2cc(Br)ccc2c1)c1ccco1. The lowest BCUT2D eigenvalue weighted by atomic mass is 10.0. The van der Waals surface area contributed by atoms with Crippen LogP contribution in [0.1, 0.15) is 17.4 Å². The van der Waals surface area contributed by atoms with Gasteiger partial charge in [0.25, 0.3) is 0 Å². The molecule has 1 atom stereocenters. The smallest absolute Gasteiger partial charge is 0.125 e. The van der Waals surface area contributed by atoms with Gasteiger partial charge in [-0.05, 0) is 53.7 Å². The van der Waals surface area contributed by atoms with Crippen LogP contribution < -0.4 is 5.32 Å². The topological polar surface area (TPSA) is 25.2 Å². The van der Waals surface area contributed by atoms with Gasteiger partial charge in [-0.2, -0.15) is 0 Å². The molecule has 0 amide bonds. The summed E-state index contributed by atoms with van der Waals surface area (Å²) in [4.78, 5) is 0. The first-order valence-corrected chi connectivity index (χ1v) is 6.97. The van der Waals surface area contributed by atoms with Gasteiger partial charge in [0.05, 0.1) is 12.3 Å². The molecule has 0 fully saturated rings. The first-order valence-electron chi connectivity index (χ1n) is 6.18. The molecule has 1 unspecified atom stereocenters. The number of fused-ring (bicyclic) bond motifs is 1. The number of furan rings is 1. The van der Waals surface area contributed by atoms with Crippen LogP contribution in [-0.2, 0) is 0 Å². The minimum atomic E-state index is 0.0862. The lowest BCUT2D eigenvalue weighted by Gasteiger charge is -2.15. The number of hydrogen-bond donors (Lipinski definition) is 1. The highest BCUT2D eigenvalue weighted by molar-refractivity contribution is 9.10. The molecule has 96 valence electrons. The average molecular weight is 316 g/mol. The molecule has 0 aliphatic carbocycles. The Morgan fingerprint density at radius 1 is 1.05 bits per heavy atom. The zero-order chi connectivity index (χ0) is 13.2. The van der Waals surface area contributed by atoms with Crippen molar-refractivity contribution in [2.24, 2.45) is 0 Å². The Labute approximate surface area is 120 Å². The van der Waals surface area contributed by atoms with Crippen molar-refractivity contribution in [2.75, 3.05) is 7.05 Å². The molecule has 3 heteroatoms. The first-order chi connectivity index (χ1) is 9.28. The fraction of sp³-hybridized carbons (Fsp3) is 0.125. The molecule has 0 aliphatic heterocycles. The van der Waals surface area contributed by atoms with E-state index in [-0.39, 0.29) is 6.04 Å². The van der Waals surface area contributed by atoms with E-state index in [1.54, 1.807) is 6.26 Å². The van der Waals surface area contributed by atoms with Crippen molar-refractivity contribution in [1.29, 1.82) is 0 Å². The zero-order valence-corrected chi connectivity index (χ0v) is 12.1. The van der Waals surface area contributed by atoms with E-state index >= 15 is 0 Å². The monoisotopic (exact) mass is 315 g/mol. The molecule has 0 spiro atoms. The molecule has 0 saturated carbocycles. The van der Waals surface area contributed by atoms with Crippen LogP contribution >= 0.6 is 15.9 Å². The highest BCUT2D eigenvalue weighted by atomic mass is 79.9. The van der Waals surface area contributed by atoms with Gasteiger partial charge in [0.2, 0.25) is 0 Å². The molecule has 0 bridgehead atoms. The summed E-state index contributed by atoms with van der Waals surface area (Å²) in [6, 6.07) is 16.8. The Kier molecular flexibility index (Phi) is 3.40. The summed E-state index contributed by atoms with van der Waals surface area (Å²) in [5.41, 5.74) is 1.20. The molecular formula is C16H14BrNO. The van der Waals surface area contributed by atoms with Gasteiger partial charge in [-0.15, -0.1) is 0 Å². The van der Waals surface area contributed by atoms with Crippen LogP contribution in [0, 0.1) is 0 Å². The van der Waals surface area contributed by atoms with Crippen molar-refractivity contribution in [3.63, 3.8) is 0 Å². The standard InChI is InChI=1S/C16H14BrNO/c1-18-16(15-3-2-8-19-15)13-5-4-12-10-14(17)7-6-11(12)9-13/h2-10,16,18H,1H3. The van der Waals surface area contributed by atoms with E-state index in [0.29, 0.717) is 0 Å². The molecule has 2 aromatic carbocycles. The van der Waals surface area contributed by atoms with Crippen molar-refractivity contribution in [3.8, 4) is 0 Å². The number of nitrogens with one attached hydrogen (secondary N) is 1. The second-order valence-corrected chi connectivity index (χ2v) is 5.40. The van der Waals surface area contributed by atoms with Crippen molar-refractivity contribution in [2.45, 2.75) is 6.04 Å². The van der Waals surface area contributed by atoms with E-state index in [4.69, 9.17) is 4.42 Å². The highest BCUT2D eigenvalue weighted by Crippen LogP contribution is 2.27. The molecule has 2 nitrogen and oxygen atoms in total. The van der Waals surface area contributed by atoms with E-state index in [1.807, 2.05) is 19.2 Å². The van der Waals surface area contributed by atoms with Crippen LogP contribution in [0.3, 0.4) is 0 Å². The number of benzene rings is 2. The van der Waals surface area contributed by atoms with E-state index in [1.165, 1.54) is 16.3 Å². The van der Waals surface area contributed by atoms with Gasteiger partial charge >= 0.3 is 0 Å². The van der Waals surface area contributed by atoms with Gasteiger partial charge in [-0.25, -0.2) is 0 Å². The van der Waals surface area contributed by atoms with E-state index < -0.39 is 0 Å². The van der Waals surface area contributed by atoms with Crippen molar-refractivity contribution < 1.29 is 4.42 Å². The fourth-order valence-electron chi connectivity index (χ4n) is 2.34. The summed E-state index contributed by atoms with van der Waals surface area (Å²) in [7, 11) is 1.94. The molecule has 1 aromatic heterocycles. The zero-order valence-electron chi connectivity index (χ0n) is 10.6. The molecule has 0 radical (unpaired) electrons. The quantitative estimate of drug-likeness (QED) is 0.769. The maximum atomic E-state index is 5.50. The Morgan fingerprint density at radius 3 is 2.58 bits per heavy atom. The lowest BCUT2D eigenvalue weighted by molar-refractivity contribution is 0.463. The third-order valence-electron chi connectivity index (χ3n) is 3.28. The summed E-state index contributed by atoms with van der Waals surface area (Å²) in [6.45, 7) is 0. The van der Waals surface area contributed by atoms with Gasteiger partial charge in [-0.1, -0.05) is 34.1 Å². The van der Waals surface area contributed by atoms with Gasteiger partial charge in [0.15, 0.2) is 0 Å². The Morgan fingerprint density at radius 2 is 1.84 bits per heavy atom. The van der Waals surface area contributed by atoms with E-state index in [9.17, 15) is 0 Å². The molecule has 0 aliphatic rings. The average Bonchev–Trinajstić information content (AvgIpc) is 2.93. The van der Waals surface area contributed by atoms with Crippen LogP contribution in [0.25, 0.3) is 10.8 Å². The molecule has 1 heterocycles. The highest BCUT2D eigenvalue weighted by Gasteiger charge is 2.14. The van der Waals surface area contributed by atoms with Crippen molar-refractivity contribution in [1.82, 2.24) is 5.32 Å². The fourth-order valence-corrected chi connectivity index (χ4v) is 2.72. The maximum absolute atomic E-state index is 5.50. The molecule has 19 heavy (non-hydrogen) atoms. The Balaban J connectivity index is 2.07. The first kappa shape index (κ1) is 12.5. The molecule has 3 aromatic rings. The third-order valence-corrected chi connectivity index (χ3v) is 3.77. The number of rotatable bonds is 3. The van der Waals surface area contributed by atoms with Crippen molar-refractivity contribution >= 4 is 26.7 Å². The largest absolute Gasteiger partial charge is 0.467 e. The van der Waals surface area contributed by atoms with Gasteiger partial charge < -0.3 is 9.73 Å². The van der Waals surface area contributed by atoms with E-state index in [0.717, 1.165) is 10.2 Å². The summed E-state index contributed by atoms with van der Waals surface area (Å²) < 4.78 is 6.60. The minimum Gasteiger partial charge on any atom is -0.467 e. The Hall–Kier alpha value is -1.58. The Bertz CT molecular complexity index is 691. The normalized spacial score (nSPS) is 12.7. The summed E-state index contributed by atoms with van der Waals surface area (Å²) in [5, 5.41) is 5.75. The van der Waals surface area contributed by atoms with Gasteiger partial charge in [-0.3, -0.25) is 0 Å². The van der Waals surface area contributed by atoms with Crippen LogP contribution in [0.4, 0.5) is 0 Å². The number of hydrogen-bond acceptors (Lipinski definition) is 2. The van der Waals surface area contributed by atoms with E-state index in [2.05, 4.69) is 57.6 Å². The minimum absolute atomic E-state index is 0.0862. The van der Waals surface area contributed by atoms with Gasteiger partial charge in [0.1, 0.15) is 5.76 Å². The predicted octanol–water partition coefficient (Wildman–Crippen LogP) is 4.50. The van der Waals surface area contributed by atoms with Crippen molar-refractivity contribution in [3.05, 3.63) is 70.6 Å². The van der Waals surface area contributed by atoms with Crippen LogP contribution in [0.5, 0.6) is 0 Å². The number of halogens is 1. The van der Waals surface area contributed by atoms with Crippen LogP contribution in [0.2, 0.25) is 0 Å². The summed E-state index contributed by atoms with van der Waals surface area (Å²) >= 11 is 3.50. The van der Waals surface area contributed by atoms with Gasteiger partial charge in [0, 0.05) is 4.47 Å². The second kappa shape index (κ2) is 5.19. The summed E-state index contributed by atoms with van der Waals surface area (Å²) in [5.74, 6) is 0.930.